The van der Waals surface area contributed by atoms with Gasteiger partial charge in [0.05, 0.1) is 5.92 Å². The Labute approximate surface area is 115 Å². The second-order valence-corrected chi connectivity index (χ2v) is 5.88. The van der Waals surface area contributed by atoms with Gasteiger partial charge < -0.3 is 11.1 Å². The van der Waals surface area contributed by atoms with E-state index in [9.17, 15) is 4.79 Å². The fourth-order valence-corrected chi connectivity index (χ4v) is 2.87. The van der Waals surface area contributed by atoms with Crippen molar-refractivity contribution in [2.24, 2.45) is 11.7 Å². The first-order valence-corrected chi connectivity index (χ1v) is 7.16. The number of nitrogens with two attached hydrogens (primary N) is 1. The van der Waals surface area contributed by atoms with E-state index in [-0.39, 0.29) is 17.9 Å². The van der Waals surface area contributed by atoms with Crippen molar-refractivity contribution in [2.45, 2.75) is 52.0 Å². The van der Waals surface area contributed by atoms with Gasteiger partial charge in [0.15, 0.2) is 0 Å². The Bertz CT molecular complexity index is 468. The molecule has 0 aliphatic heterocycles. The smallest absolute Gasteiger partial charge is 0.229 e. The van der Waals surface area contributed by atoms with Crippen molar-refractivity contribution < 1.29 is 4.79 Å². The maximum Gasteiger partial charge on any atom is 0.229 e. The van der Waals surface area contributed by atoms with Gasteiger partial charge in [-0.2, -0.15) is 0 Å². The van der Waals surface area contributed by atoms with Gasteiger partial charge in [0.25, 0.3) is 0 Å². The number of hydrogen-bond donors (Lipinski definition) is 2. The van der Waals surface area contributed by atoms with Crippen molar-refractivity contribution >= 4 is 11.6 Å². The van der Waals surface area contributed by atoms with Crippen molar-refractivity contribution in [3.05, 3.63) is 29.3 Å². The van der Waals surface area contributed by atoms with Crippen LogP contribution in [0.4, 0.5) is 5.69 Å². The predicted octanol–water partition coefficient (Wildman–Crippen LogP) is 3.18. The van der Waals surface area contributed by atoms with Crippen LogP contribution in [0.15, 0.2) is 18.2 Å². The third kappa shape index (κ3) is 2.98. The zero-order chi connectivity index (χ0) is 14.0. The Kier molecular flexibility index (Phi) is 4.25. The van der Waals surface area contributed by atoms with E-state index in [0.717, 1.165) is 30.5 Å². The molecule has 3 nitrogen and oxygen atoms in total. The van der Waals surface area contributed by atoms with Crippen molar-refractivity contribution in [1.82, 2.24) is 0 Å². The monoisotopic (exact) mass is 260 g/mol. The van der Waals surface area contributed by atoms with Gasteiger partial charge in [-0.05, 0) is 36.8 Å². The lowest BCUT2D eigenvalue weighted by Crippen LogP contribution is -2.34. The van der Waals surface area contributed by atoms with Gasteiger partial charge in [-0.3, -0.25) is 4.79 Å². The third-order valence-electron chi connectivity index (χ3n) is 4.08. The Morgan fingerprint density at radius 3 is 2.68 bits per heavy atom. The molecular formula is C16H24N2O. The fourth-order valence-electron chi connectivity index (χ4n) is 2.87. The maximum atomic E-state index is 12.4. The lowest BCUT2D eigenvalue weighted by Gasteiger charge is -2.20. The molecule has 0 aromatic heterocycles. The number of aryl methyl sites for hydroxylation is 1. The van der Waals surface area contributed by atoms with Crippen molar-refractivity contribution in [2.75, 3.05) is 5.32 Å². The lowest BCUT2D eigenvalue weighted by atomic mass is 9.97. The van der Waals surface area contributed by atoms with Crippen LogP contribution >= 0.6 is 0 Å². The van der Waals surface area contributed by atoms with Crippen molar-refractivity contribution in [3.8, 4) is 0 Å². The van der Waals surface area contributed by atoms with E-state index in [1.165, 1.54) is 5.56 Å². The Morgan fingerprint density at radius 2 is 2.11 bits per heavy atom. The van der Waals surface area contributed by atoms with E-state index >= 15 is 0 Å². The van der Waals surface area contributed by atoms with Crippen LogP contribution in [-0.2, 0) is 4.79 Å². The summed E-state index contributed by atoms with van der Waals surface area (Å²) in [5.74, 6) is 0.452. The molecule has 3 N–H and O–H groups in total. The van der Waals surface area contributed by atoms with E-state index in [2.05, 4.69) is 25.2 Å². The predicted molar refractivity (Wildman–Crippen MR) is 79.2 cm³/mol. The molecular weight excluding hydrogens is 236 g/mol. The number of carbonyl (C=O) groups is 1. The summed E-state index contributed by atoms with van der Waals surface area (Å²) in [6.07, 6.45) is 2.93. The third-order valence-corrected chi connectivity index (χ3v) is 4.08. The quantitative estimate of drug-likeness (QED) is 0.877. The van der Waals surface area contributed by atoms with Crippen LogP contribution in [0.3, 0.4) is 0 Å². The lowest BCUT2D eigenvalue weighted by molar-refractivity contribution is -0.120. The minimum atomic E-state index is -0.0281. The van der Waals surface area contributed by atoms with E-state index in [0.29, 0.717) is 5.92 Å². The van der Waals surface area contributed by atoms with Crippen LogP contribution in [0, 0.1) is 12.8 Å². The molecule has 0 saturated heterocycles. The summed E-state index contributed by atoms with van der Waals surface area (Å²) < 4.78 is 0. The molecule has 19 heavy (non-hydrogen) atoms. The SMILES string of the molecule is Cc1cccc(C(C)C)c1NC(=O)C1CCCC1N. The summed E-state index contributed by atoms with van der Waals surface area (Å²) in [5.41, 5.74) is 9.29. The molecule has 1 aliphatic carbocycles. The number of benzene rings is 1. The van der Waals surface area contributed by atoms with Gasteiger partial charge in [-0.1, -0.05) is 38.5 Å². The Morgan fingerprint density at radius 1 is 1.37 bits per heavy atom. The topological polar surface area (TPSA) is 55.1 Å². The van der Waals surface area contributed by atoms with Gasteiger partial charge in [-0.15, -0.1) is 0 Å². The molecule has 0 spiro atoms. The Hall–Kier alpha value is -1.35. The highest BCUT2D eigenvalue weighted by Gasteiger charge is 2.30. The van der Waals surface area contributed by atoms with E-state index in [4.69, 9.17) is 5.73 Å². The molecule has 1 fully saturated rings. The standard InChI is InChI=1S/C16H24N2O/c1-10(2)12-7-4-6-11(3)15(12)18-16(19)13-8-5-9-14(13)17/h4,6-7,10,13-14H,5,8-9,17H2,1-3H3,(H,18,19). The number of rotatable bonds is 3. The molecule has 2 unspecified atom stereocenters. The number of carbonyl (C=O) groups excluding carboxylic acids is 1. The number of nitrogens with one attached hydrogen (secondary N) is 1. The first-order chi connectivity index (χ1) is 9.00. The number of anilines is 1. The minimum absolute atomic E-state index is 0.0199. The largest absolute Gasteiger partial charge is 0.327 e. The summed E-state index contributed by atoms with van der Waals surface area (Å²) in [6.45, 7) is 6.33. The molecule has 1 saturated carbocycles. The van der Waals surface area contributed by atoms with Gasteiger partial charge in [0.2, 0.25) is 5.91 Å². The van der Waals surface area contributed by atoms with E-state index in [1.807, 2.05) is 19.1 Å². The average molecular weight is 260 g/mol. The van der Waals surface area contributed by atoms with Crippen LogP contribution in [0.5, 0.6) is 0 Å². The summed E-state index contributed by atoms with van der Waals surface area (Å²) in [4.78, 5) is 12.4. The molecule has 2 atom stereocenters. The molecule has 0 bridgehead atoms. The van der Waals surface area contributed by atoms with Crippen LogP contribution < -0.4 is 11.1 Å². The summed E-state index contributed by atoms with van der Waals surface area (Å²) in [7, 11) is 0. The summed E-state index contributed by atoms with van der Waals surface area (Å²) >= 11 is 0. The van der Waals surface area contributed by atoms with Crippen molar-refractivity contribution in [3.63, 3.8) is 0 Å². The molecule has 2 rings (SSSR count). The molecule has 3 heteroatoms. The van der Waals surface area contributed by atoms with Crippen LogP contribution in [-0.4, -0.2) is 11.9 Å². The molecule has 0 heterocycles. The van der Waals surface area contributed by atoms with Gasteiger partial charge >= 0.3 is 0 Å². The highest BCUT2D eigenvalue weighted by molar-refractivity contribution is 5.94. The van der Waals surface area contributed by atoms with Crippen LogP contribution in [0.1, 0.15) is 50.2 Å². The van der Waals surface area contributed by atoms with E-state index in [1.54, 1.807) is 0 Å². The molecule has 1 aromatic carbocycles. The normalized spacial score (nSPS) is 22.8. The number of hydrogen-bond acceptors (Lipinski definition) is 2. The number of amides is 1. The fraction of sp³-hybridized carbons (Fsp3) is 0.562. The van der Waals surface area contributed by atoms with Crippen LogP contribution in [0.2, 0.25) is 0 Å². The first-order valence-electron chi connectivity index (χ1n) is 7.16. The highest BCUT2D eigenvalue weighted by Crippen LogP contribution is 2.30. The zero-order valence-corrected chi connectivity index (χ0v) is 12.1. The molecule has 0 radical (unpaired) electrons. The maximum absolute atomic E-state index is 12.4. The van der Waals surface area contributed by atoms with Gasteiger partial charge in [0, 0.05) is 11.7 Å². The Balaban J connectivity index is 2.21. The molecule has 1 aliphatic rings. The number of para-hydroxylation sites is 1. The minimum Gasteiger partial charge on any atom is -0.327 e. The average Bonchev–Trinajstić information content (AvgIpc) is 2.77. The van der Waals surface area contributed by atoms with Crippen LogP contribution in [0.25, 0.3) is 0 Å². The van der Waals surface area contributed by atoms with Gasteiger partial charge in [0.1, 0.15) is 0 Å². The second-order valence-electron chi connectivity index (χ2n) is 5.88. The summed E-state index contributed by atoms with van der Waals surface area (Å²) in [6, 6.07) is 6.19. The molecule has 1 amide bonds. The van der Waals surface area contributed by atoms with Crippen molar-refractivity contribution in [1.29, 1.82) is 0 Å². The zero-order valence-electron chi connectivity index (χ0n) is 12.1. The molecule has 1 aromatic rings. The summed E-state index contributed by atoms with van der Waals surface area (Å²) in [5, 5.41) is 3.11. The highest BCUT2D eigenvalue weighted by atomic mass is 16.1. The first kappa shape index (κ1) is 14.1. The second kappa shape index (κ2) is 5.74. The molecule has 104 valence electrons. The van der Waals surface area contributed by atoms with E-state index < -0.39 is 0 Å². The van der Waals surface area contributed by atoms with Gasteiger partial charge in [-0.25, -0.2) is 0 Å².